The first-order chi connectivity index (χ1) is 14.4. The van der Waals surface area contributed by atoms with E-state index in [-0.39, 0.29) is 17.7 Å². The van der Waals surface area contributed by atoms with Crippen LogP contribution in [0.15, 0.2) is 48.5 Å². The molecule has 1 aliphatic rings. The third-order valence-corrected chi connectivity index (χ3v) is 5.41. The fourth-order valence-corrected chi connectivity index (χ4v) is 3.28. The first-order valence-electron chi connectivity index (χ1n) is 10.2. The summed E-state index contributed by atoms with van der Waals surface area (Å²) in [7, 11) is 3.95. The van der Waals surface area contributed by atoms with Gasteiger partial charge in [-0.2, -0.15) is 5.26 Å². The molecule has 6 nitrogen and oxygen atoms in total. The lowest BCUT2D eigenvalue weighted by atomic mass is 10.1. The van der Waals surface area contributed by atoms with Gasteiger partial charge in [-0.25, -0.2) is 0 Å². The second-order valence-corrected chi connectivity index (χ2v) is 8.22. The Morgan fingerprint density at radius 2 is 1.70 bits per heavy atom. The van der Waals surface area contributed by atoms with E-state index in [1.165, 1.54) is 0 Å². The predicted octanol–water partition coefficient (Wildman–Crippen LogP) is 3.36. The van der Waals surface area contributed by atoms with E-state index in [9.17, 15) is 9.59 Å². The van der Waals surface area contributed by atoms with Gasteiger partial charge in [-0.3, -0.25) is 9.59 Å². The zero-order valence-corrected chi connectivity index (χ0v) is 17.8. The lowest BCUT2D eigenvalue weighted by Gasteiger charge is -2.25. The first kappa shape index (κ1) is 21.5. The molecule has 156 valence electrons. The molecule has 1 fully saturated rings. The number of anilines is 1. The summed E-state index contributed by atoms with van der Waals surface area (Å²) in [5, 5.41) is 11.9. The van der Waals surface area contributed by atoms with Crippen LogP contribution in [-0.2, 0) is 11.3 Å². The van der Waals surface area contributed by atoms with Gasteiger partial charge in [-0.15, -0.1) is 0 Å². The third-order valence-electron chi connectivity index (χ3n) is 5.41. The molecule has 2 aromatic carbocycles. The van der Waals surface area contributed by atoms with Gasteiger partial charge in [0.2, 0.25) is 5.91 Å². The number of rotatable bonds is 8. The normalized spacial score (nSPS) is 17.3. The highest BCUT2D eigenvalue weighted by molar-refractivity contribution is 5.97. The van der Waals surface area contributed by atoms with Crippen molar-refractivity contribution in [2.24, 2.45) is 11.8 Å². The Kier molecular flexibility index (Phi) is 6.86. The molecular formula is C24H28N4O2. The molecule has 1 aliphatic carbocycles. The number of nitrogens with one attached hydrogen (secondary N) is 1. The van der Waals surface area contributed by atoms with Crippen LogP contribution >= 0.6 is 0 Å². The zero-order chi connectivity index (χ0) is 21.7. The number of likely N-dealkylation sites (N-methyl/N-ethyl adjacent to an activating group) is 1. The standard InChI is InChI=1S/C24H28N4O2/c1-17-14-22(17)23(29)26-21-10-8-20(9-11-21)24(30)28(13-12-27(2)3)16-19-6-4-18(15-25)5-7-19/h4-11,17,22H,12-14,16H2,1-3H3,(H,26,29). The maximum absolute atomic E-state index is 13.1. The van der Waals surface area contributed by atoms with Crippen LogP contribution in [0.25, 0.3) is 0 Å². The largest absolute Gasteiger partial charge is 0.333 e. The van der Waals surface area contributed by atoms with E-state index < -0.39 is 0 Å². The molecule has 0 spiro atoms. The van der Waals surface area contributed by atoms with Crippen LogP contribution in [0.3, 0.4) is 0 Å². The van der Waals surface area contributed by atoms with E-state index >= 15 is 0 Å². The van der Waals surface area contributed by atoms with Crippen LogP contribution in [0, 0.1) is 23.2 Å². The molecule has 2 amide bonds. The second-order valence-electron chi connectivity index (χ2n) is 8.22. The highest BCUT2D eigenvalue weighted by atomic mass is 16.2. The van der Waals surface area contributed by atoms with E-state index in [1.54, 1.807) is 41.3 Å². The summed E-state index contributed by atoms with van der Waals surface area (Å²) in [5.74, 6) is 0.559. The van der Waals surface area contributed by atoms with E-state index in [0.29, 0.717) is 35.8 Å². The average Bonchev–Trinajstić information content (AvgIpc) is 3.48. The number of amides is 2. The second kappa shape index (κ2) is 9.55. The fourth-order valence-electron chi connectivity index (χ4n) is 3.28. The monoisotopic (exact) mass is 404 g/mol. The van der Waals surface area contributed by atoms with Crippen molar-refractivity contribution in [2.75, 3.05) is 32.5 Å². The Morgan fingerprint density at radius 1 is 1.07 bits per heavy atom. The van der Waals surface area contributed by atoms with Crippen molar-refractivity contribution in [3.05, 3.63) is 65.2 Å². The number of benzene rings is 2. The van der Waals surface area contributed by atoms with Crippen LogP contribution in [0.4, 0.5) is 5.69 Å². The van der Waals surface area contributed by atoms with Crippen LogP contribution in [0.1, 0.15) is 34.8 Å². The lowest BCUT2D eigenvalue weighted by molar-refractivity contribution is -0.117. The van der Waals surface area contributed by atoms with Crippen molar-refractivity contribution >= 4 is 17.5 Å². The Bertz CT molecular complexity index is 929. The molecule has 2 aromatic rings. The lowest BCUT2D eigenvalue weighted by Crippen LogP contribution is -2.36. The minimum Gasteiger partial charge on any atom is -0.333 e. The van der Waals surface area contributed by atoms with Crippen LogP contribution in [0.5, 0.6) is 0 Å². The minimum absolute atomic E-state index is 0.0509. The Labute approximate surface area is 178 Å². The van der Waals surface area contributed by atoms with Crippen molar-refractivity contribution in [2.45, 2.75) is 19.9 Å². The highest BCUT2D eigenvalue weighted by Crippen LogP contribution is 2.38. The first-order valence-corrected chi connectivity index (χ1v) is 10.2. The maximum atomic E-state index is 13.1. The molecule has 2 unspecified atom stereocenters. The smallest absolute Gasteiger partial charge is 0.254 e. The Balaban J connectivity index is 1.69. The number of hydrogen-bond acceptors (Lipinski definition) is 4. The summed E-state index contributed by atoms with van der Waals surface area (Å²) in [5.41, 5.74) is 2.87. The molecule has 1 saturated carbocycles. The molecule has 0 radical (unpaired) electrons. The number of nitrogens with zero attached hydrogens (tertiary/aromatic N) is 3. The van der Waals surface area contributed by atoms with Gasteiger partial charge in [-0.1, -0.05) is 19.1 Å². The predicted molar refractivity (Wildman–Crippen MR) is 117 cm³/mol. The molecule has 3 rings (SSSR count). The average molecular weight is 405 g/mol. The number of carbonyl (C=O) groups is 2. The quantitative estimate of drug-likeness (QED) is 0.732. The third kappa shape index (κ3) is 5.68. The molecule has 0 bridgehead atoms. The van der Waals surface area contributed by atoms with Gasteiger partial charge in [-0.05, 0) is 68.4 Å². The molecule has 0 heterocycles. The minimum atomic E-state index is -0.0603. The fraction of sp³-hybridized carbons (Fsp3) is 0.375. The highest BCUT2D eigenvalue weighted by Gasteiger charge is 2.39. The van der Waals surface area contributed by atoms with Crippen molar-refractivity contribution in [3.8, 4) is 6.07 Å². The summed E-state index contributed by atoms with van der Waals surface area (Å²) in [6.45, 7) is 3.87. The van der Waals surface area contributed by atoms with Crippen molar-refractivity contribution in [1.82, 2.24) is 9.80 Å². The van der Waals surface area contributed by atoms with Gasteiger partial charge in [0.25, 0.3) is 5.91 Å². The summed E-state index contributed by atoms with van der Waals surface area (Å²) in [6, 6.07) is 16.5. The van der Waals surface area contributed by atoms with Crippen molar-refractivity contribution in [3.63, 3.8) is 0 Å². The topological polar surface area (TPSA) is 76.4 Å². The maximum Gasteiger partial charge on any atom is 0.254 e. The summed E-state index contributed by atoms with van der Waals surface area (Å²) in [4.78, 5) is 29.1. The molecule has 0 aromatic heterocycles. The van der Waals surface area contributed by atoms with Gasteiger partial charge >= 0.3 is 0 Å². The molecule has 0 aliphatic heterocycles. The van der Waals surface area contributed by atoms with Gasteiger partial charge in [0.15, 0.2) is 0 Å². The Hall–Kier alpha value is -3.17. The van der Waals surface area contributed by atoms with Crippen molar-refractivity contribution in [1.29, 1.82) is 5.26 Å². The molecule has 1 N–H and O–H groups in total. The van der Waals surface area contributed by atoms with Gasteiger partial charge in [0.05, 0.1) is 11.6 Å². The van der Waals surface area contributed by atoms with E-state index in [4.69, 9.17) is 5.26 Å². The molecule has 30 heavy (non-hydrogen) atoms. The van der Waals surface area contributed by atoms with Gasteiger partial charge < -0.3 is 15.1 Å². The van der Waals surface area contributed by atoms with Crippen LogP contribution in [-0.4, -0.2) is 48.8 Å². The summed E-state index contributed by atoms with van der Waals surface area (Å²) < 4.78 is 0. The number of hydrogen-bond donors (Lipinski definition) is 1. The molecule has 2 atom stereocenters. The van der Waals surface area contributed by atoms with Crippen molar-refractivity contribution < 1.29 is 9.59 Å². The molecule has 6 heteroatoms. The van der Waals surface area contributed by atoms with Gasteiger partial charge in [0.1, 0.15) is 0 Å². The Morgan fingerprint density at radius 3 is 2.23 bits per heavy atom. The molecular weight excluding hydrogens is 376 g/mol. The zero-order valence-electron chi connectivity index (χ0n) is 17.8. The summed E-state index contributed by atoms with van der Waals surface area (Å²) >= 11 is 0. The number of carbonyl (C=O) groups excluding carboxylic acids is 2. The molecule has 0 saturated heterocycles. The summed E-state index contributed by atoms with van der Waals surface area (Å²) in [6.07, 6.45) is 0.943. The van der Waals surface area contributed by atoms with Gasteiger partial charge in [0, 0.05) is 36.8 Å². The van der Waals surface area contributed by atoms with Crippen LogP contribution < -0.4 is 5.32 Å². The van der Waals surface area contributed by atoms with E-state index in [0.717, 1.165) is 18.5 Å². The SMILES string of the molecule is CC1CC1C(=O)Nc1ccc(C(=O)N(CCN(C)C)Cc2ccc(C#N)cc2)cc1. The van der Waals surface area contributed by atoms with E-state index in [1.807, 2.05) is 31.1 Å². The van der Waals surface area contributed by atoms with Crippen LogP contribution in [0.2, 0.25) is 0 Å². The van der Waals surface area contributed by atoms with E-state index in [2.05, 4.69) is 18.3 Å². The number of nitriles is 1.